The van der Waals surface area contributed by atoms with Crippen molar-refractivity contribution in [2.24, 2.45) is 29.6 Å². The molecule has 0 amide bonds. The molecule has 5 nitrogen and oxygen atoms in total. The molecular weight excluding hydrogens is 308 g/mol. The lowest BCUT2D eigenvalue weighted by Crippen LogP contribution is -2.39. The Bertz CT molecular complexity index is 445. The van der Waals surface area contributed by atoms with Gasteiger partial charge in [-0.15, -0.1) is 0 Å². The van der Waals surface area contributed by atoms with E-state index in [1.54, 1.807) is 20.8 Å². The molecule has 5 heteroatoms. The molecule has 1 heterocycles. The average molecular weight is 342 g/mol. The molecule has 1 rings (SSSR count). The van der Waals surface area contributed by atoms with E-state index in [1.165, 1.54) is 0 Å². The number of Topliss-reactive ketones (excluding diaryl/α,β-unsaturated/α-hetero) is 1. The van der Waals surface area contributed by atoms with Crippen molar-refractivity contribution in [3.05, 3.63) is 0 Å². The SMILES string of the molecule is CC1C[C@H](C)C[C@](C)(O)C[C@@H](C)C(=O)C(C)C(O)[C@@H](C)COC1=O. The lowest BCUT2D eigenvalue weighted by atomic mass is 9.78. The molecule has 1 aliphatic rings. The summed E-state index contributed by atoms with van der Waals surface area (Å²) in [5.41, 5.74) is -0.974. The summed E-state index contributed by atoms with van der Waals surface area (Å²) in [7, 11) is 0. The van der Waals surface area contributed by atoms with E-state index < -0.39 is 17.6 Å². The molecule has 0 aliphatic carbocycles. The average Bonchev–Trinajstić information content (AvgIpc) is 2.47. The highest BCUT2D eigenvalue weighted by Gasteiger charge is 2.35. The molecule has 0 aromatic rings. The van der Waals surface area contributed by atoms with Crippen LogP contribution in [0, 0.1) is 29.6 Å². The topological polar surface area (TPSA) is 83.8 Å². The van der Waals surface area contributed by atoms with Crippen molar-refractivity contribution < 1.29 is 24.5 Å². The number of ether oxygens (including phenoxy) is 1. The van der Waals surface area contributed by atoms with Crippen LogP contribution < -0.4 is 0 Å². The highest BCUT2D eigenvalue weighted by molar-refractivity contribution is 5.83. The monoisotopic (exact) mass is 342 g/mol. The van der Waals surface area contributed by atoms with Gasteiger partial charge < -0.3 is 14.9 Å². The van der Waals surface area contributed by atoms with E-state index in [-0.39, 0.29) is 42.0 Å². The number of carbonyl (C=O) groups excluding carboxylic acids is 2. The van der Waals surface area contributed by atoms with Gasteiger partial charge in [0.25, 0.3) is 0 Å². The normalized spacial score (nSPS) is 43.8. The predicted molar refractivity (Wildman–Crippen MR) is 92.3 cm³/mol. The van der Waals surface area contributed by atoms with E-state index >= 15 is 0 Å². The maximum atomic E-state index is 12.6. The van der Waals surface area contributed by atoms with Crippen LogP contribution in [-0.4, -0.2) is 40.3 Å². The van der Waals surface area contributed by atoms with Gasteiger partial charge in [0.1, 0.15) is 5.78 Å². The van der Waals surface area contributed by atoms with Crippen molar-refractivity contribution in [3.8, 4) is 0 Å². The Balaban J connectivity index is 3.00. The quantitative estimate of drug-likeness (QED) is 0.661. The van der Waals surface area contributed by atoms with Crippen LogP contribution in [0.1, 0.15) is 60.8 Å². The number of carbonyl (C=O) groups is 2. The largest absolute Gasteiger partial charge is 0.465 e. The lowest BCUT2D eigenvalue weighted by Gasteiger charge is -2.32. The van der Waals surface area contributed by atoms with E-state index in [0.717, 1.165) is 0 Å². The number of hydrogen-bond acceptors (Lipinski definition) is 5. The van der Waals surface area contributed by atoms with E-state index in [0.29, 0.717) is 19.3 Å². The van der Waals surface area contributed by atoms with Crippen LogP contribution in [0.5, 0.6) is 0 Å². The minimum Gasteiger partial charge on any atom is -0.465 e. The first kappa shape index (κ1) is 21.1. The van der Waals surface area contributed by atoms with Crippen molar-refractivity contribution in [1.82, 2.24) is 0 Å². The summed E-state index contributed by atoms with van der Waals surface area (Å²) in [6.45, 7) is 11.0. The Morgan fingerprint density at radius 1 is 1.04 bits per heavy atom. The summed E-state index contributed by atoms with van der Waals surface area (Å²) in [6.07, 6.45) is 0.649. The Labute approximate surface area is 145 Å². The molecule has 7 atom stereocenters. The van der Waals surface area contributed by atoms with Crippen molar-refractivity contribution in [3.63, 3.8) is 0 Å². The zero-order valence-electron chi connectivity index (χ0n) is 15.9. The summed E-state index contributed by atoms with van der Waals surface area (Å²) in [4.78, 5) is 24.7. The third-order valence-corrected chi connectivity index (χ3v) is 5.21. The molecular formula is C19H34O5. The van der Waals surface area contributed by atoms with Gasteiger partial charge in [0.2, 0.25) is 0 Å². The molecule has 0 aromatic carbocycles. The fraction of sp³-hybridized carbons (Fsp3) is 0.895. The van der Waals surface area contributed by atoms with Crippen molar-refractivity contribution >= 4 is 11.8 Å². The minimum atomic E-state index is -0.974. The summed E-state index contributed by atoms with van der Waals surface area (Å²) >= 11 is 0. The molecule has 0 saturated carbocycles. The highest BCUT2D eigenvalue weighted by atomic mass is 16.5. The van der Waals surface area contributed by atoms with Gasteiger partial charge in [0, 0.05) is 17.8 Å². The second-order valence-electron chi connectivity index (χ2n) is 8.34. The first-order valence-electron chi connectivity index (χ1n) is 9.05. The van der Waals surface area contributed by atoms with Crippen LogP contribution in [0.2, 0.25) is 0 Å². The van der Waals surface area contributed by atoms with Gasteiger partial charge in [0.05, 0.1) is 24.2 Å². The number of cyclic esters (lactones) is 1. The number of aliphatic hydroxyl groups excluding tert-OH is 1. The summed E-state index contributed by atoms with van der Waals surface area (Å²) in [5, 5.41) is 21.1. The summed E-state index contributed by atoms with van der Waals surface area (Å²) in [5.74, 6) is -1.64. The third kappa shape index (κ3) is 5.85. The van der Waals surface area contributed by atoms with Crippen LogP contribution in [-0.2, 0) is 14.3 Å². The standard InChI is InChI=1S/C19H34O5/c1-11-7-12(2)18(22)24-10-14(4)17(21)15(5)16(20)13(3)9-19(6,23)8-11/h11-15,17,21,23H,7-10H2,1-6H3/t11-,12?,13+,14-,15?,17?,19-/m0/s1. The molecule has 2 N–H and O–H groups in total. The Morgan fingerprint density at radius 2 is 1.62 bits per heavy atom. The van der Waals surface area contributed by atoms with Crippen LogP contribution in [0.4, 0.5) is 0 Å². The Hall–Kier alpha value is -0.940. The van der Waals surface area contributed by atoms with Crippen LogP contribution in [0.15, 0.2) is 0 Å². The molecule has 0 radical (unpaired) electrons. The van der Waals surface area contributed by atoms with Crippen LogP contribution in [0.25, 0.3) is 0 Å². The summed E-state index contributed by atoms with van der Waals surface area (Å²) in [6, 6.07) is 0. The van der Waals surface area contributed by atoms with E-state index in [1.807, 2.05) is 20.8 Å². The number of aliphatic hydroxyl groups is 2. The second kappa shape index (κ2) is 8.43. The first-order valence-corrected chi connectivity index (χ1v) is 9.05. The van der Waals surface area contributed by atoms with Gasteiger partial charge in [-0.05, 0) is 32.1 Å². The van der Waals surface area contributed by atoms with Crippen LogP contribution >= 0.6 is 0 Å². The van der Waals surface area contributed by atoms with Gasteiger partial charge in [0.15, 0.2) is 0 Å². The van der Waals surface area contributed by atoms with Crippen molar-refractivity contribution in [1.29, 1.82) is 0 Å². The van der Waals surface area contributed by atoms with Gasteiger partial charge in [-0.25, -0.2) is 0 Å². The smallest absolute Gasteiger partial charge is 0.308 e. The van der Waals surface area contributed by atoms with Crippen molar-refractivity contribution in [2.45, 2.75) is 72.5 Å². The molecule has 140 valence electrons. The number of hydrogen-bond donors (Lipinski definition) is 2. The predicted octanol–water partition coefficient (Wildman–Crippen LogP) is 2.58. The molecule has 3 unspecified atom stereocenters. The maximum absolute atomic E-state index is 12.6. The molecule has 0 aromatic heterocycles. The maximum Gasteiger partial charge on any atom is 0.308 e. The molecule has 0 spiro atoms. The van der Waals surface area contributed by atoms with E-state index in [2.05, 4.69) is 0 Å². The zero-order chi connectivity index (χ0) is 18.7. The Morgan fingerprint density at radius 3 is 2.21 bits per heavy atom. The number of rotatable bonds is 0. The number of esters is 1. The fourth-order valence-corrected chi connectivity index (χ4v) is 3.94. The Kier molecular flexibility index (Phi) is 7.42. The fourth-order valence-electron chi connectivity index (χ4n) is 3.94. The molecule has 24 heavy (non-hydrogen) atoms. The molecule has 1 fully saturated rings. The van der Waals surface area contributed by atoms with Gasteiger partial charge >= 0.3 is 5.97 Å². The zero-order valence-corrected chi connectivity index (χ0v) is 15.9. The molecule has 0 bridgehead atoms. The summed E-state index contributed by atoms with van der Waals surface area (Å²) < 4.78 is 5.32. The van der Waals surface area contributed by atoms with Gasteiger partial charge in [-0.1, -0.05) is 34.6 Å². The van der Waals surface area contributed by atoms with Gasteiger partial charge in [-0.3, -0.25) is 9.59 Å². The molecule has 1 saturated heterocycles. The first-order chi connectivity index (χ1) is 10.9. The highest BCUT2D eigenvalue weighted by Crippen LogP contribution is 2.30. The van der Waals surface area contributed by atoms with Gasteiger partial charge in [-0.2, -0.15) is 0 Å². The third-order valence-electron chi connectivity index (χ3n) is 5.21. The van der Waals surface area contributed by atoms with Crippen molar-refractivity contribution in [2.75, 3.05) is 6.61 Å². The van der Waals surface area contributed by atoms with Crippen LogP contribution in [0.3, 0.4) is 0 Å². The van der Waals surface area contributed by atoms with E-state index in [9.17, 15) is 19.8 Å². The lowest BCUT2D eigenvalue weighted by molar-refractivity contribution is -0.152. The van der Waals surface area contributed by atoms with E-state index in [4.69, 9.17) is 4.74 Å². The minimum absolute atomic E-state index is 0.0565. The number of ketones is 1. The molecule has 1 aliphatic heterocycles. The second-order valence-corrected chi connectivity index (χ2v) is 8.34.